The van der Waals surface area contributed by atoms with Gasteiger partial charge in [-0.3, -0.25) is 0 Å². The van der Waals surface area contributed by atoms with Crippen LogP contribution in [0, 0.1) is 0 Å². The van der Waals surface area contributed by atoms with Gasteiger partial charge in [0.25, 0.3) is 0 Å². The van der Waals surface area contributed by atoms with Crippen LogP contribution < -0.4 is 15.2 Å². The smallest absolute Gasteiger partial charge is 0.126 e. The van der Waals surface area contributed by atoms with E-state index in [0.717, 1.165) is 28.3 Å². The summed E-state index contributed by atoms with van der Waals surface area (Å²) in [6.07, 6.45) is 0. The lowest BCUT2D eigenvalue weighted by Crippen LogP contribution is -1.91. The fraction of sp³-hybridized carbons (Fsp3) is 0.143. The van der Waals surface area contributed by atoms with Gasteiger partial charge in [-0.15, -0.1) is 0 Å². The molecule has 88 valence electrons. The van der Waals surface area contributed by atoms with Crippen molar-refractivity contribution in [3.05, 3.63) is 42.5 Å². The molecule has 0 aliphatic carbocycles. The third-order valence-corrected chi connectivity index (χ3v) is 2.60. The normalized spacial score (nSPS) is 10.0. The summed E-state index contributed by atoms with van der Waals surface area (Å²) in [7, 11) is 3.29. The van der Waals surface area contributed by atoms with Gasteiger partial charge in [0.15, 0.2) is 0 Å². The molecule has 0 saturated carbocycles. The number of hydrogen-bond donors (Lipinski definition) is 1. The molecule has 0 unspecified atom stereocenters. The maximum atomic E-state index is 5.79. The first-order chi connectivity index (χ1) is 8.24. The summed E-state index contributed by atoms with van der Waals surface area (Å²) in [6.45, 7) is 0. The summed E-state index contributed by atoms with van der Waals surface area (Å²) in [5.41, 5.74) is 8.50. The van der Waals surface area contributed by atoms with Crippen LogP contribution in [0.15, 0.2) is 42.5 Å². The Kier molecular flexibility index (Phi) is 3.19. The summed E-state index contributed by atoms with van der Waals surface area (Å²) >= 11 is 0. The second kappa shape index (κ2) is 4.78. The van der Waals surface area contributed by atoms with Crippen molar-refractivity contribution in [2.45, 2.75) is 0 Å². The van der Waals surface area contributed by atoms with Gasteiger partial charge >= 0.3 is 0 Å². The fourth-order valence-corrected chi connectivity index (χ4v) is 1.75. The van der Waals surface area contributed by atoms with Gasteiger partial charge in [0, 0.05) is 11.3 Å². The van der Waals surface area contributed by atoms with Crippen molar-refractivity contribution in [3.63, 3.8) is 0 Å². The van der Waals surface area contributed by atoms with Crippen LogP contribution in [0.1, 0.15) is 0 Å². The molecule has 3 nitrogen and oxygen atoms in total. The molecule has 0 atom stereocenters. The monoisotopic (exact) mass is 229 g/mol. The molecule has 0 spiro atoms. The lowest BCUT2D eigenvalue weighted by atomic mass is 10.0. The lowest BCUT2D eigenvalue weighted by molar-refractivity contribution is 0.404. The van der Waals surface area contributed by atoms with Crippen molar-refractivity contribution in [2.75, 3.05) is 20.0 Å². The van der Waals surface area contributed by atoms with E-state index in [0.29, 0.717) is 0 Å². The molecule has 0 bridgehead atoms. The van der Waals surface area contributed by atoms with E-state index < -0.39 is 0 Å². The van der Waals surface area contributed by atoms with E-state index in [2.05, 4.69) is 0 Å². The van der Waals surface area contributed by atoms with E-state index >= 15 is 0 Å². The SMILES string of the molecule is COc1ccc(OC)c(-c2cccc(N)c2)c1. The Morgan fingerprint density at radius 3 is 2.41 bits per heavy atom. The van der Waals surface area contributed by atoms with E-state index in [-0.39, 0.29) is 0 Å². The zero-order chi connectivity index (χ0) is 12.3. The van der Waals surface area contributed by atoms with Gasteiger partial charge in [0.2, 0.25) is 0 Å². The van der Waals surface area contributed by atoms with E-state index in [9.17, 15) is 0 Å². The third kappa shape index (κ3) is 2.33. The molecule has 0 saturated heterocycles. The van der Waals surface area contributed by atoms with Crippen LogP contribution >= 0.6 is 0 Å². The molecule has 2 aromatic carbocycles. The van der Waals surface area contributed by atoms with Crippen LogP contribution in [0.5, 0.6) is 11.5 Å². The number of anilines is 1. The Bertz CT molecular complexity index is 523. The van der Waals surface area contributed by atoms with Gasteiger partial charge in [0.05, 0.1) is 14.2 Å². The molecule has 0 fully saturated rings. The van der Waals surface area contributed by atoms with Crippen molar-refractivity contribution in [1.82, 2.24) is 0 Å². The minimum atomic E-state index is 0.729. The summed E-state index contributed by atoms with van der Waals surface area (Å²) < 4.78 is 10.6. The predicted molar refractivity (Wildman–Crippen MR) is 69.4 cm³/mol. The molecular formula is C14H15NO2. The van der Waals surface area contributed by atoms with Gasteiger partial charge in [-0.2, -0.15) is 0 Å². The maximum absolute atomic E-state index is 5.79. The molecule has 0 amide bonds. The average Bonchev–Trinajstić information content (AvgIpc) is 2.38. The zero-order valence-corrected chi connectivity index (χ0v) is 9.94. The molecule has 17 heavy (non-hydrogen) atoms. The molecule has 2 rings (SSSR count). The standard InChI is InChI=1S/C14H15NO2/c1-16-12-6-7-14(17-2)13(9-12)10-4-3-5-11(15)8-10/h3-9H,15H2,1-2H3. The molecule has 0 aromatic heterocycles. The van der Waals surface area contributed by atoms with Crippen LogP contribution in [-0.4, -0.2) is 14.2 Å². The van der Waals surface area contributed by atoms with Crippen molar-refractivity contribution >= 4 is 5.69 Å². The first-order valence-corrected chi connectivity index (χ1v) is 5.32. The van der Waals surface area contributed by atoms with Gasteiger partial charge < -0.3 is 15.2 Å². The minimum Gasteiger partial charge on any atom is -0.497 e. The Morgan fingerprint density at radius 2 is 1.76 bits per heavy atom. The molecule has 2 aromatic rings. The van der Waals surface area contributed by atoms with Gasteiger partial charge in [-0.1, -0.05) is 12.1 Å². The van der Waals surface area contributed by atoms with Crippen LogP contribution in [0.3, 0.4) is 0 Å². The topological polar surface area (TPSA) is 44.5 Å². The first kappa shape index (κ1) is 11.3. The minimum absolute atomic E-state index is 0.729. The zero-order valence-electron chi connectivity index (χ0n) is 9.94. The summed E-state index contributed by atoms with van der Waals surface area (Å²) in [6, 6.07) is 13.4. The Balaban J connectivity index is 2.56. The number of nitrogen functional groups attached to an aromatic ring is 1. The summed E-state index contributed by atoms with van der Waals surface area (Å²) in [4.78, 5) is 0. The van der Waals surface area contributed by atoms with E-state index in [1.807, 2.05) is 42.5 Å². The number of benzene rings is 2. The maximum Gasteiger partial charge on any atom is 0.126 e. The predicted octanol–water partition coefficient (Wildman–Crippen LogP) is 2.95. The Labute approximate surface area is 101 Å². The van der Waals surface area contributed by atoms with Crippen LogP contribution in [0.25, 0.3) is 11.1 Å². The molecule has 2 N–H and O–H groups in total. The van der Waals surface area contributed by atoms with Gasteiger partial charge in [0.1, 0.15) is 11.5 Å². The summed E-state index contributed by atoms with van der Waals surface area (Å²) in [5.74, 6) is 1.60. The largest absolute Gasteiger partial charge is 0.497 e. The molecule has 0 heterocycles. The van der Waals surface area contributed by atoms with Gasteiger partial charge in [-0.05, 0) is 35.9 Å². The van der Waals surface area contributed by atoms with Crippen LogP contribution in [-0.2, 0) is 0 Å². The number of hydrogen-bond acceptors (Lipinski definition) is 3. The number of rotatable bonds is 3. The molecular weight excluding hydrogens is 214 g/mol. The number of methoxy groups -OCH3 is 2. The second-order valence-electron chi connectivity index (χ2n) is 3.69. The molecule has 0 radical (unpaired) electrons. The Morgan fingerprint density at radius 1 is 0.941 bits per heavy atom. The van der Waals surface area contributed by atoms with Crippen molar-refractivity contribution in [1.29, 1.82) is 0 Å². The highest BCUT2D eigenvalue weighted by Crippen LogP contribution is 2.33. The quantitative estimate of drug-likeness (QED) is 0.823. The second-order valence-corrected chi connectivity index (χ2v) is 3.69. The van der Waals surface area contributed by atoms with Crippen LogP contribution in [0.4, 0.5) is 5.69 Å². The van der Waals surface area contributed by atoms with E-state index in [1.165, 1.54) is 0 Å². The molecule has 0 aliphatic heterocycles. The van der Waals surface area contributed by atoms with Crippen LogP contribution in [0.2, 0.25) is 0 Å². The summed E-state index contributed by atoms with van der Waals surface area (Å²) in [5, 5.41) is 0. The van der Waals surface area contributed by atoms with Crippen molar-refractivity contribution in [2.24, 2.45) is 0 Å². The number of ether oxygens (including phenoxy) is 2. The highest BCUT2D eigenvalue weighted by molar-refractivity contribution is 5.74. The van der Waals surface area contributed by atoms with Gasteiger partial charge in [-0.25, -0.2) is 0 Å². The highest BCUT2D eigenvalue weighted by Gasteiger charge is 2.07. The lowest BCUT2D eigenvalue weighted by Gasteiger charge is -2.11. The van der Waals surface area contributed by atoms with Crippen molar-refractivity contribution < 1.29 is 9.47 Å². The molecule has 3 heteroatoms. The first-order valence-electron chi connectivity index (χ1n) is 5.32. The van der Waals surface area contributed by atoms with Crippen molar-refractivity contribution in [3.8, 4) is 22.6 Å². The highest BCUT2D eigenvalue weighted by atomic mass is 16.5. The Hall–Kier alpha value is -2.16. The molecule has 0 aliphatic rings. The van der Waals surface area contributed by atoms with E-state index in [4.69, 9.17) is 15.2 Å². The average molecular weight is 229 g/mol. The van der Waals surface area contributed by atoms with E-state index in [1.54, 1.807) is 14.2 Å². The fourth-order valence-electron chi connectivity index (χ4n) is 1.75. The third-order valence-electron chi connectivity index (χ3n) is 2.60. The number of nitrogens with two attached hydrogens (primary N) is 1.